The molecule has 3 aromatic rings. The Bertz CT molecular complexity index is 984. The highest BCUT2D eigenvalue weighted by atomic mass is 19.4. The van der Waals surface area contributed by atoms with E-state index in [4.69, 9.17) is 0 Å². The van der Waals surface area contributed by atoms with Crippen LogP contribution in [0.25, 0.3) is 5.65 Å². The molecule has 154 valence electrons. The lowest BCUT2D eigenvalue weighted by Gasteiger charge is -2.24. The lowest BCUT2D eigenvalue weighted by Crippen LogP contribution is -2.31. The molecule has 6 nitrogen and oxygen atoms in total. The van der Waals surface area contributed by atoms with Crippen LogP contribution < -0.4 is 4.90 Å². The Labute approximate surface area is 167 Å². The maximum absolute atomic E-state index is 13.3. The molecule has 1 aliphatic heterocycles. The van der Waals surface area contributed by atoms with Gasteiger partial charge in [-0.3, -0.25) is 9.30 Å². The van der Waals surface area contributed by atoms with Crippen molar-refractivity contribution in [3.63, 3.8) is 0 Å². The second-order valence-electron chi connectivity index (χ2n) is 7.19. The summed E-state index contributed by atoms with van der Waals surface area (Å²) < 4.78 is 41.8. The number of anilines is 1. The van der Waals surface area contributed by atoms with E-state index in [1.165, 1.54) is 6.07 Å². The van der Waals surface area contributed by atoms with E-state index < -0.39 is 11.7 Å². The van der Waals surface area contributed by atoms with Crippen molar-refractivity contribution >= 4 is 11.5 Å². The highest BCUT2D eigenvalue weighted by Gasteiger charge is 2.33. The molecule has 1 aromatic carbocycles. The first-order valence-electron chi connectivity index (χ1n) is 9.78. The van der Waals surface area contributed by atoms with Crippen LogP contribution in [0.3, 0.4) is 0 Å². The fourth-order valence-corrected chi connectivity index (χ4v) is 3.84. The zero-order valence-electron chi connectivity index (χ0n) is 16.2. The fourth-order valence-electron chi connectivity index (χ4n) is 3.84. The van der Waals surface area contributed by atoms with E-state index in [9.17, 15) is 13.2 Å². The minimum atomic E-state index is -4.33. The van der Waals surface area contributed by atoms with Gasteiger partial charge in [0.05, 0.1) is 5.56 Å². The summed E-state index contributed by atoms with van der Waals surface area (Å²) in [6.45, 7) is 5.15. The summed E-state index contributed by atoms with van der Waals surface area (Å²) in [5.74, 6) is 1.65. The number of aromatic nitrogens is 4. The van der Waals surface area contributed by atoms with E-state index >= 15 is 0 Å². The summed E-state index contributed by atoms with van der Waals surface area (Å²) in [4.78, 5) is 8.74. The predicted molar refractivity (Wildman–Crippen MR) is 104 cm³/mol. The number of benzene rings is 1. The Hall–Kier alpha value is -2.68. The van der Waals surface area contributed by atoms with Gasteiger partial charge in [0.25, 0.3) is 0 Å². The van der Waals surface area contributed by atoms with Crippen LogP contribution in [0, 0.1) is 0 Å². The van der Waals surface area contributed by atoms with Crippen LogP contribution in [-0.4, -0.2) is 50.7 Å². The van der Waals surface area contributed by atoms with Gasteiger partial charge in [-0.25, -0.2) is 4.98 Å². The van der Waals surface area contributed by atoms with Crippen LogP contribution in [0.15, 0.2) is 36.7 Å². The van der Waals surface area contributed by atoms with E-state index in [2.05, 4.69) is 25.0 Å². The van der Waals surface area contributed by atoms with E-state index in [1.807, 2.05) is 17.5 Å². The summed E-state index contributed by atoms with van der Waals surface area (Å²) in [6.07, 6.45) is 0.879. The number of hydrogen-bond acceptors (Lipinski definition) is 5. The van der Waals surface area contributed by atoms with Crippen LogP contribution in [0.1, 0.15) is 30.3 Å². The Balaban J connectivity index is 1.51. The van der Waals surface area contributed by atoms with Gasteiger partial charge in [-0.05, 0) is 18.1 Å². The quantitative estimate of drug-likeness (QED) is 0.667. The average molecular weight is 404 g/mol. The SMILES string of the molecule is CCc1nnc2c(N3CCCN(Cc4ccccc4C(F)(F)F)CC3)nccn12. The third kappa shape index (κ3) is 4.05. The molecule has 0 N–H and O–H groups in total. The van der Waals surface area contributed by atoms with E-state index in [-0.39, 0.29) is 6.54 Å². The zero-order valence-corrected chi connectivity index (χ0v) is 16.2. The predicted octanol–water partition coefficient (Wildman–Crippen LogP) is 3.42. The van der Waals surface area contributed by atoms with Crippen molar-refractivity contribution in [3.8, 4) is 0 Å². The molecule has 29 heavy (non-hydrogen) atoms. The number of hydrogen-bond donors (Lipinski definition) is 0. The second kappa shape index (κ2) is 7.98. The van der Waals surface area contributed by atoms with Crippen molar-refractivity contribution in [1.29, 1.82) is 0 Å². The van der Waals surface area contributed by atoms with Gasteiger partial charge in [0.15, 0.2) is 5.82 Å². The minimum absolute atomic E-state index is 0.284. The first-order chi connectivity index (χ1) is 14.0. The third-order valence-corrected chi connectivity index (χ3v) is 5.30. The molecule has 0 bridgehead atoms. The molecule has 0 amide bonds. The van der Waals surface area contributed by atoms with Gasteiger partial charge < -0.3 is 4.90 Å². The van der Waals surface area contributed by atoms with E-state index in [0.717, 1.165) is 49.3 Å². The number of aryl methyl sites for hydroxylation is 1. The summed E-state index contributed by atoms with van der Waals surface area (Å²) in [6, 6.07) is 5.82. The molecule has 1 aliphatic rings. The molecule has 4 rings (SSSR count). The Kier molecular flexibility index (Phi) is 5.40. The average Bonchev–Trinajstić information content (AvgIpc) is 2.99. The Morgan fingerprint density at radius 3 is 2.66 bits per heavy atom. The molecule has 0 unspecified atom stereocenters. The largest absolute Gasteiger partial charge is 0.416 e. The summed E-state index contributed by atoms with van der Waals surface area (Å²) >= 11 is 0. The molecule has 9 heteroatoms. The monoisotopic (exact) mass is 404 g/mol. The molecule has 3 heterocycles. The molecule has 0 radical (unpaired) electrons. The lowest BCUT2D eigenvalue weighted by molar-refractivity contribution is -0.138. The van der Waals surface area contributed by atoms with Gasteiger partial charge in [-0.1, -0.05) is 25.1 Å². The molecule has 1 fully saturated rings. The zero-order chi connectivity index (χ0) is 20.4. The standard InChI is InChI=1S/C20H23F3N6/c1-2-17-25-26-19-18(24-8-11-29(17)19)28-10-5-9-27(12-13-28)14-15-6-3-4-7-16(15)20(21,22)23/h3-4,6-8,11H,2,5,9-10,12-14H2,1H3. The van der Waals surface area contributed by atoms with Crippen LogP contribution in [0.5, 0.6) is 0 Å². The number of rotatable bonds is 4. The summed E-state index contributed by atoms with van der Waals surface area (Å²) in [5, 5.41) is 8.52. The van der Waals surface area contributed by atoms with Crippen LogP contribution in [-0.2, 0) is 19.1 Å². The van der Waals surface area contributed by atoms with Crippen molar-refractivity contribution in [2.75, 3.05) is 31.1 Å². The molecular weight excluding hydrogens is 381 g/mol. The first kappa shape index (κ1) is 19.6. The van der Waals surface area contributed by atoms with E-state index in [1.54, 1.807) is 18.3 Å². The third-order valence-electron chi connectivity index (χ3n) is 5.30. The molecular formula is C20H23F3N6. The van der Waals surface area contributed by atoms with E-state index in [0.29, 0.717) is 18.7 Å². The normalized spacial score (nSPS) is 16.3. The molecule has 2 aromatic heterocycles. The Morgan fingerprint density at radius 1 is 1.03 bits per heavy atom. The number of alkyl halides is 3. The Morgan fingerprint density at radius 2 is 1.86 bits per heavy atom. The van der Waals surface area contributed by atoms with Crippen molar-refractivity contribution in [3.05, 3.63) is 53.6 Å². The summed E-state index contributed by atoms with van der Waals surface area (Å²) in [7, 11) is 0. The minimum Gasteiger partial charge on any atom is -0.352 e. The van der Waals surface area contributed by atoms with Gasteiger partial charge >= 0.3 is 6.18 Å². The number of halogens is 3. The molecule has 0 aliphatic carbocycles. The summed E-state index contributed by atoms with van der Waals surface area (Å²) in [5.41, 5.74) is 0.488. The van der Waals surface area contributed by atoms with Crippen molar-refractivity contribution in [1.82, 2.24) is 24.5 Å². The first-order valence-corrected chi connectivity index (χ1v) is 9.78. The van der Waals surface area contributed by atoms with Gasteiger partial charge in [0, 0.05) is 51.5 Å². The van der Waals surface area contributed by atoms with Gasteiger partial charge in [0.1, 0.15) is 5.82 Å². The second-order valence-corrected chi connectivity index (χ2v) is 7.19. The van der Waals surface area contributed by atoms with Crippen LogP contribution in [0.4, 0.5) is 19.0 Å². The lowest BCUT2D eigenvalue weighted by atomic mass is 10.1. The molecule has 0 saturated carbocycles. The van der Waals surface area contributed by atoms with Crippen molar-refractivity contribution < 1.29 is 13.2 Å². The molecule has 0 spiro atoms. The molecule has 0 atom stereocenters. The maximum atomic E-state index is 13.3. The highest BCUT2D eigenvalue weighted by Crippen LogP contribution is 2.32. The van der Waals surface area contributed by atoms with Crippen LogP contribution >= 0.6 is 0 Å². The van der Waals surface area contributed by atoms with Crippen molar-refractivity contribution in [2.24, 2.45) is 0 Å². The topological polar surface area (TPSA) is 49.6 Å². The smallest absolute Gasteiger partial charge is 0.352 e. The van der Waals surface area contributed by atoms with Gasteiger partial charge in [0.2, 0.25) is 5.65 Å². The highest BCUT2D eigenvalue weighted by molar-refractivity contribution is 5.63. The van der Waals surface area contributed by atoms with Crippen LogP contribution in [0.2, 0.25) is 0 Å². The maximum Gasteiger partial charge on any atom is 0.416 e. The van der Waals surface area contributed by atoms with Crippen molar-refractivity contribution in [2.45, 2.75) is 32.5 Å². The molecule has 1 saturated heterocycles. The number of fused-ring (bicyclic) bond motifs is 1. The number of nitrogens with zero attached hydrogens (tertiary/aromatic N) is 6. The fraction of sp³-hybridized carbons (Fsp3) is 0.450. The van der Waals surface area contributed by atoms with Gasteiger partial charge in [-0.15, -0.1) is 10.2 Å². The van der Waals surface area contributed by atoms with Gasteiger partial charge in [-0.2, -0.15) is 13.2 Å².